The van der Waals surface area contributed by atoms with Gasteiger partial charge in [0.1, 0.15) is 0 Å². The van der Waals surface area contributed by atoms with Crippen molar-refractivity contribution in [2.75, 3.05) is 18.6 Å². The minimum atomic E-state index is -0.373. The summed E-state index contributed by atoms with van der Waals surface area (Å²) in [4.78, 5) is 6.62. The number of hydroxylamine groups is 2. The first kappa shape index (κ1) is 23.3. The molecule has 0 saturated carbocycles. The number of piperidine rings is 1. The minimum Gasteiger partial charge on any atom is -0.381 e. The van der Waals surface area contributed by atoms with Crippen molar-refractivity contribution in [1.82, 2.24) is 5.06 Å². The van der Waals surface area contributed by atoms with Crippen molar-refractivity contribution in [3.05, 3.63) is 0 Å². The summed E-state index contributed by atoms with van der Waals surface area (Å²) in [5.74, 6) is 2.41. The molecule has 0 radical (unpaired) electrons. The number of hydrogen-bond acceptors (Lipinski definition) is 6. The quantitative estimate of drug-likeness (QED) is 0.487. The Balaban J connectivity index is 2.27. The molecule has 2 saturated heterocycles. The third kappa shape index (κ3) is 5.17. The summed E-state index contributed by atoms with van der Waals surface area (Å²) in [5, 5.41) is 12.2. The van der Waals surface area contributed by atoms with Crippen LogP contribution >= 0.6 is 23.5 Å². The van der Waals surface area contributed by atoms with E-state index in [1.54, 1.807) is 0 Å². The van der Waals surface area contributed by atoms with Crippen molar-refractivity contribution in [1.29, 1.82) is 5.26 Å². The number of hydrogen-bond donors (Lipinski definition) is 0. The lowest BCUT2D eigenvalue weighted by Crippen LogP contribution is -2.66. The zero-order chi connectivity index (χ0) is 19.9. The zero-order valence-corrected chi connectivity index (χ0v) is 19.5. The molecule has 2 heterocycles. The van der Waals surface area contributed by atoms with E-state index in [-0.39, 0.29) is 23.3 Å². The van der Waals surface area contributed by atoms with E-state index in [4.69, 9.17) is 9.57 Å². The van der Waals surface area contributed by atoms with Crippen LogP contribution in [0.15, 0.2) is 0 Å². The van der Waals surface area contributed by atoms with E-state index >= 15 is 0 Å². The molecule has 0 aliphatic carbocycles. The minimum absolute atomic E-state index is 0.0626. The molecule has 0 bridgehead atoms. The summed E-state index contributed by atoms with van der Waals surface area (Å²) >= 11 is 3.98. The van der Waals surface area contributed by atoms with E-state index in [9.17, 15) is 5.26 Å². The van der Waals surface area contributed by atoms with Crippen molar-refractivity contribution in [2.24, 2.45) is 0 Å². The van der Waals surface area contributed by atoms with Crippen LogP contribution in [0.2, 0.25) is 0 Å². The van der Waals surface area contributed by atoms with Crippen LogP contribution < -0.4 is 0 Å². The maximum Gasteiger partial charge on any atom is 0.167 e. The van der Waals surface area contributed by atoms with Gasteiger partial charge in [-0.05, 0) is 56.5 Å². The van der Waals surface area contributed by atoms with Gasteiger partial charge in [-0.2, -0.15) is 10.3 Å². The molecular formula is C21H38N2O2S2. The molecule has 0 aromatic carbocycles. The molecule has 0 amide bonds. The lowest BCUT2D eigenvalue weighted by atomic mass is 9.72. The SMILES string of the molecule is CCC1(CC)CC(OC)CC(CC)(CC)N1OC(C#N)CC1SCCCS1. The number of nitrogens with zero attached hydrogens (tertiary/aromatic N) is 2. The topological polar surface area (TPSA) is 45.5 Å². The number of ether oxygens (including phenoxy) is 1. The fraction of sp³-hybridized carbons (Fsp3) is 0.952. The highest BCUT2D eigenvalue weighted by Gasteiger charge is 2.53. The van der Waals surface area contributed by atoms with Crippen LogP contribution in [-0.2, 0) is 9.57 Å². The van der Waals surface area contributed by atoms with Gasteiger partial charge in [0.05, 0.1) is 16.8 Å². The summed E-state index contributed by atoms with van der Waals surface area (Å²) < 4.78 is 6.34. The Kier molecular flexibility index (Phi) is 9.28. The van der Waals surface area contributed by atoms with Crippen molar-refractivity contribution < 1.29 is 9.57 Å². The van der Waals surface area contributed by atoms with Crippen molar-refractivity contribution in [3.8, 4) is 6.07 Å². The number of thioether (sulfide) groups is 2. The van der Waals surface area contributed by atoms with E-state index in [1.165, 1.54) is 17.9 Å². The van der Waals surface area contributed by atoms with Crippen LogP contribution in [-0.4, -0.2) is 51.5 Å². The highest BCUT2D eigenvalue weighted by atomic mass is 32.2. The molecule has 6 heteroatoms. The maximum absolute atomic E-state index is 9.87. The largest absolute Gasteiger partial charge is 0.381 e. The molecule has 4 nitrogen and oxygen atoms in total. The Labute approximate surface area is 175 Å². The van der Waals surface area contributed by atoms with Crippen LogP contribution in [0.3, 0.4) is 0 Å². The second kappa shape index (κ2) is 10.7. The predicted octanol–water partition coefficient (Wildman–Crippen LogP) is 5.62. The Morgan fingerprint density at radius 3 is 1.96 bits per heavy atom. The Bertz CT molecular complexity index is 461. The van der Waals surface area contributed by atoms with Crippen molar-refractivity contribution >= 4 is 23.5 Å². The van der Waals surface area contributed by atoms with Crippen LogP contribution in [0.25, 0.3) is 0 Å². The lowest BCUT2D eigenvalue weighted by molar-refractivity contribution is -0.325. The standard InChI is InChI=1S/C21H38N2O2S2/c1-6-20(7-2)14-18(24-5)15-21(8-3,9-4)23(20)25-17(16-22)13-19-26-11-10-12-27-19/h17-19H,6-15H2,1-5H3. The van der Waals surface area contributed by atoms with Gasteiger partial charge < -0.3 is 4.74 Å². The monoisotopic (exact) mass is 414 g/mol. The Morgan fingerprint density at radius 1 is 1.04 bits per heavy atom. The molecule has 0 aromatic rings. The number of nitriles is 1. The molecular weight excluding hydrogens is 376 g/mol. The van der Waals surface area contributed by atoms with Crippen molar-refractivity contribution in [3.63, 3.8) is 0 Å². The maximum atomic E-state index is 9.87. The average Bonchev–Trinajstić information content (AvgIpc) is 2.74. The first-order valence-corrected chi connectivity index (χ1v) is 12.8. The second-order valence-electron chi connectivity index (χ2n) is 7.91. The van der Waals surface area contributed by atoms with Crippen LogP contribution in [0.1, 0.15) is 79.1 Å². The molecule has 2 fully saturated rings. The van der Waals surface area contributed by atoms with Gasteiger partial charge in [-0.25, -0.2) is 0 Å². The van der Waals surface area contributed by atoms with E-state index < -0.39 is 0 Å². The molecule has 27 heavy (non-hydrogen) atoms. The van der Waals surface area contributed by atoms with E-state index in [0.717, 1.165) is 44.9 Å². The van der Waals surface area contributed by atoms with Gasteiger partial charge in [0.15, 0.2) is 6.10 Å². The van der Waals surface area contributed by atoms with Crippen molar-refractivity contribution in [2.45, 2.75) is 107 Å². The summed E-state index contributed by atoms with van der Waals surface area (Å²) in [5.41, 5.74) is -0.125. The summed E-state index contributed by atoms with van der Waals surface area (Å²) in [6.07, 6.45) is 7.96. The van der Waals surface area contributed by atoms with Crippen LogP contribution in [0.4, 0.5) is 0 Å². The molecule has 0 aromatic heterocycles. The molecule has 1 atom stereocenters. The first-order valence-electron chi connectivity index (χ1n) is 10.7. The van der Waals surface area contributed by atoms with Gasteiger partial charge in [-0.1, -0.05) is 27.7 Å². The van der Waals surface area contributed by atoms with E-state index in [2.05, 4.69) is 38.8 Å². The van der Waals surface area contributed by atoms with Crippen LogP contribution in [0, 0.1) is 11.3 Å². The normalized spacial score (nSPS) is 25.2. The van der Waals surface area contributed by atoms with Gasteiger partial charge in [0.2, 0.25) is 0 Å². The highest BCUT2D eigenvalue weighted by molar-refractivity contribution is 8.17. The van der Waals surface area contributed by atoms with Gasteiger partial charge >= 0.3 is 0 Å². The smallest absolute Gasteiger partial charge is 0.167 e. The first-order chi connectivity index (χ1) is 13.0. The third-order valence-electron chi connectivity index (χ3n) is 6.72. The molecule has 2 aliphatic rings. The Hall–Kier alpha value is 0.0700. The summed E-state index contributed by atoms with van der Waals surface area (Å²) in [6, 6.07) is 2.47. The fourth-order valence-corrected chi connectivity index (χ4v) is 7.64. The molecule has 0 spiro atoms. The van der Waals surface area contributed by atoms with Gasteiger partial charge in [-0.3, -0.25) is 4.84 Å². The van der Waals surface area contributed by atoms with E-state index in [1.807, 2.05) is 30.6 Å². The summed E-state index contributed by atoms with van der Waals surface area (Å²) in [6.45, 7) is 9.01. The van der Waals surface area contributed by atoms with E-state index in [0.29, 0.717) is 4.58 Å². The van der Waals surface area contributed by atoms with Gasteiger partial charge in [-0.15, -0.1) is 23.5 Å². The lowest BCUT2D eigenvalue weighted by Gasteiger charge is -2.58. The number of methoxy groups -OCH3 is 1. The molecule has 2 rings (SSSR count). The highest BCUT2D eigenvalue weighted by Crippen LogP contribution is 2.47. The van der Waals surface area contributed by atoms with Crippen LogP contribution in [0.5, 0.6) is 0 Å². The Morgan fingerprint density at radius 2 is 1.56 bits per heavy atom. The molecule has 156 valence electrons. The third-order valence-corrected chi connectivity index (χ3v) is 9.72. The average molecular weight is 415 g/mol. The number of rotatable bonds is 9. The fourth-order valence-electron chi connectivity index (χ4n) is 4.72. The molecule has 2 aliphatic heterocycles. The second-order valence-corrected chi connectivity index (χ2v) is 10.8. The van der Waals surface area contributed by atoms with Gasteiger partial charge in [0, 0.05) is 24.6 Å². The molecule has 1 unspecified atom stereocenters. The van der Waals surface area contributed by atoms with Gasteiger partial charge in [0.25, 0.3) is 0 Å². The summed E-state index contributed by atoms with van der Waals surface area (Å²) in [7, 11) is 1.84. The zero-order valence-electron chi connectivity index (χ0n) is 17.8. The molecule has 0 N–H and O–H groups in total. The predicted molar refractivity (Wildman–Crippen MR) is 117 cm³/mol.